The normalized spacial score (nSPS) is 15.4. The Kier molecular flexibility index (Phi) is 4.37. The second-order valence-corrected chi connectivity index (χ2v) is 6.28. The molecule has 1 atom stereocenters. The predicted molar refractivity (Wildman–Crippen MR) is 89.9 cm³/mol. The predicted octanol–water partition coefficient (Wildman–Crippen LogP) is 4.04. The van der Waals surface area contributed by atoms with Gasteiger partial charge in [0.05, 0.1) is 23.1 Å². The van der Waals surface area contributed by atoms with Gasteiger partial charge in [0, 0.05) is 18.5 Å². The molecular formula is C18H23N3O2. The van der Waals surface area contributed by atoms with Gasteiger partial charge >= 0.3 is 5.97 Å². The highest BCUT2D eigenvalue weighted by molar-refractivity contribution is 5.87. The highest BCUT2D eigenvalue weighted by Gasteiger charge is 2.31. The van der Waals surface area contributed by atoms with Crippen molar-refractivity contribution in [2.75, 3.05) is 5.32 Å². The van der Waals surface area contributed by atoms with E-state index in [0.717, 1.165) is 17.7 Å². The second-order valence-electron chi connectivity index (χ2n) is 6.28. The number of carboxylic acid groups (broad SMARTS) is 1. The lowest BCUT2D eigenvalue weighted by Gasteiger charge is -2.15. The maximum Gasteiger partial charge on any atom is 0.335 e. The molecule has 122 valence electrons. The number of aromatic carboxylic acids is 1. The minimum Gasteiger partial charge on any atom is -0.478 e. The van der Waals surface area contributed by atoms with Crippen LogP contribution in [0.5, 0.6) is 0 Å². The number of hydrogen-bond donors (Lipinski definition) is 2. The molecule has 5 nitrogen and oxygen atoms in total. The summed E-state index contributed by atoms with van der Waals surface area (Å²) < 4.78 is 2.15. The van der Waals surface area contributed by atoms with E-state index >= 15 is 0 Å². The van der Waals surface area contributed by atoms with E-state index in [1.54, 1.807) is 18.2 Å². The molecule has 0 bridgehead atoms. The summed E-state index contributed by atoms with van der Waals surface area (Å²) in [6.45, 7) is 4.97. The Morgan fingerprint density at radius 2 is 2.26 bits per heavy atom. The minimum absolute atomic E-state index is 0.321. The number of aromatic nitrogens is 2. The molecule has 3 rings (SSSR count). The standard InChI is InChI=1S/C18H23N3O2/c1-3-12(2)21-17(14-7-8-14)16(11-20-21)19-10-13-5-4-6-15(9-13)18(22)23/h4-6,9,11-12,14,19H,3,7-8,10H2,1-2H3,(H,22,23). The Bertz CT molecular complexity index is 704. The summed E-state index contributed by atoms with van der Waals surface area (Å²) in [5.41, 5.74) is 3.66. The van der Waals surface area contributed by atoms with E-state index in [-0.39, 0.29) is 0 Å². The number of benzene rings is 1. The van der Waals surface area contributed by atoms with Crippen molar-refractivity contribution >= 4 is 11.7 Å². The SMILES string of the molecule is CCC(C)n1ncc(NCc2cccc(C(=O)O)c2)c1C1CC1. The topological polar surface area (TPSA) is 67.2 Å². The summed E-state index contributed by atoms with van der Waals surface area (Å²) in [6, 6.07) is 7.45. The number of carbonyl (C=O) groups is 1. The molecule has 1 heterocycles. The third-order valence-electron chi connectivity index (χ3n) is 4.46. The highest BCUT2D eigenvalue weighted by atomic mass is 16.4. The number of nitrogens with zero attached hydrogens (tertiary/aromatic N) is 2. The van der Waals surface area contributed by atoms with E-state index in [2.05, 4.69) is 28.9 Å². The number of carboxylic acids is 1. The fraction of sp³-hybridized carbons (Fsp3) is 0.444. The summed E-state index contributed by atoms with van der Waals surface area (Å²) in [5, 5.41) is 17.1. The number of hydrogen-bond acceptors (Lipinski definition) is 3. The van der Waals surface area contributed by atoms with Gasteiger partial charge in [0.15, 0.2) is 0 Å². The van der Waals surface area contributed by atoms with Crippen molar-refractivity contribution in [3.05, 3.63) is 47.3 Å². The molecule has 1 aromatic carbocycles. The van der Waals surface area contributed by atoms with Crippen molar-refractivity contribution < 1.29 is 9.90 Å². The molecule has 1 aliphatic rings. The van der Waals surface area contributed by atoms with Crippen molar-refractivity contribution in [1.29, 1.82) is 0 Å². The van der Waals surface area contributed by atoms with Gasteiger partial charge in [-0.15, -0.1) is 0 Å². The maximum absolute atomic E-state index is 11.1. The zero-order chi connectivity index (χ0) is 16.4. The molecule has 1 aromatic heterocycles. The van der Waals surface area contributed by atoms with Crippen molar-refractivity contribution in [1.82, 2.24) is 9.78 Å². The van der Waals surface area contributed by atoms with Crippen LogP contribution in [0.15, 0.2) is 30.5 Å². The molecule has 1 fully saturated rings. The van der Waals surface area contributed by atoms with Crippen molar-refractivity contribution in [3.63, 3.8) is 0 Å². The van der Waals surface area contributed by atoms with E-state index < -0.39 is 5.97 Å². The van der Waals surface area contributed by atoms with Crippen LogP contribution in [0.1, 0.15) is 66.7 Å². The third-order valence-corrected chi connectivity index (χ3v) is 4.46. The Hall–Kier alpha value is -2.30. The molecule has 0 radical (unpaired) electrons. The molecule has 1 aliphatic carbocycles. The van der Waals surface area contributed by atoms with Crippen LogP contribution in [0.25, 0.3) is 0 Å². The van der Waals surface area contributed by atoms with Gasteiger partial charge < -0.3 is 10.4 Å². The van der Waals surface area contributed by atoms with Gasteiger partial charge in [0.1, 0.15) is 0 Å². The molecule has 1 saturated carbocycles. The summed E-state index contributed by atoms with van der Waals surface area (Å²) >= 11 is 0. The monoisotopic (exact) mass is 313 g/mol. The van der Waals surface area contributed by atoms with E-state index in [4.69, 9.17) is 5.11 Å². The van der Waals surface area contributed by atoms with Gasteiger partial charge in [0.2, 0.25) is 0 Å². The van der Waals surface area contributed by atoms with Gasteiger partial charge in [-0.3, -0.25) is 4.68 Å². The lowest BCUT2D eigenvalue weighted by molar-refractivity contribution is 0.0697. The third kappa shape index (κ3) is 3.38. The average molecular weight is 313 g/mol. The number of rotatable bonds is 7. The van der Waals surface area contributed by atoms with Crippen LogP contribution in [0, 0.1) is 0 Å². The molecule has 1 unspecified atom stereocenters. The molecule has 0 spiro atoms. The van der Waals surface area contributed by atoms with Crippen molar-refractivity contribution in [2.45, 2.75) is 51.6 Å². The van der Waals surface area contributed by atoms with E-state index in [1.807, 2.05) is 12.3 Å². The average Bonchev–Trinajstić information content (AvgIpc) is 3.31. The first-order valence-corrected chi connectivity index (χ1v) is 8.23. The Morgan fingerprint density at radius 3 is 2.91 bits per heavy atom. The summed E-state index contributed by atoms with van der Waals surface area (Å²) in [4.78, 5) is 11.1. The second kappa shape index (κ2) is 6.44. The largest absolute Gasteiger partial charge is 0.478 e. The first-order chi connectivity index (χ1) is 11.1. The quantitative estimate of drug-likeness (QED) is 0.809. The molecule has 0 saturated heterocycles. The Balaban J connectivity index is 1.77. The molecule has 2 N–H and O–H groups in total. The number of nitrogens with one attached hydrogen (secondary N) is 1. The first kappa shape index (κ1) is 15.6. The van der Waals surface area contributed by atoms with Crippen LogP contribution >= 0.6 is 0 Å². The van der Waals surface area contributed by atoms with Gasteiger partial charge in [0.25, 0.3) is 0 Å². The van der Waals surface area contributed by atoms with Gasteiger partial charge in [-0.25, -0.2) is 4.79 Å². The van der Waals surface area contributed by atoms with Crippen molar-refractivity contribution in [2.24, 2.45) is 0 Å². The van der Waals surface area contributed by atoms with Crippen LogP contribution in [-0.4, -0.2) is 20.9 Å². The van der Waals surface area contributed by atoms with Crippen molar-refractivity contribution in [3.8, 4) is 0 Å². The van der Waals surface area contributed by atoms with Gasteiger partial charge in [-0.2, -0.15) is 5.10 Å². The molecule has 0 aliphatic heterocycles. The van der Waals surface area contributed by atoms with Crippen LogP contribution in [0.4, 0.5) is 5.69 Å². The maximum atomic E-state index is 11.1. The summed E-state index contributed by atoms with van der Waals surface area (Å²) in [5.74, 6) is -0.283. The zero-order valence-electron chi connectivity index (χ0n) is 13.6. The van der Waals surface area contributed by atoms with Crippen LogP contribution < -0.4 is 5.32 Å². The van der Waals surface area contributed by atoms with E-state index in [1.165, 1.54) is 18.5 Å². The van der Waals surface area contributed by atoms with Crippen LogP contribution in [-0.2, 0) is 6.54 Å². The van der Waals surface area contributed by atoms with Gasteiger partial charge in [-0.1, -0.05) is 19.1 Å². The number of anilines is 1. The first-order valence-electron chi connectivity index (χ1n) is 8.23. The summed E-state index contributed by atoms with van der Waals surface area (Å²) in [7, 11) is 0. The fourth-order valence-corrected chi connectivity index (χ4v) is 2.81. The van der Waals surface area contributed by atoms with Crippen LogP contribution in [0.2, 0.25) is 0 Å². The minimum atomic E-state index is -0.893. The zero-order valence-corrected chi connectivity index (χ0v) is 13.6. The molecule has 5 heteroatoms. The molecular weight excluding hydrogens is 290 g/mol. The smallest absolute Gasteiger partial charge is 0.335 e. The lowest BCUT2D eigenvalue weighted by Crippen LogP contribution is -2.10. The van der Waals surface area contributed by atoms with E-state index in [0.29, 0.717) is 24.1 Å². The molecule has 23 heavy (non-hydrogen) atoms. The lowest BCUT2D eigenvalue weighted by atomic mass is 10.1. The Labute approximate surface area is 136 Å². The van der Waals surface area contributed by atoms with Gasteiger partial charge in [-0.05, 0) is 43.9 Å². The Morgan fingerprint density at radius 1 is 1.48 bits per heavy atom. The van der Waals surface area contributed by atoms with E-state index in [9.17, 15) is 4.79 Å². The summed E-state index contributed by atoms with van der Waals surface area (Å²) in [6.07, 6.45) is 5.42. The fourth-order valence-electron chi connectivity index (χ4n) is 2.81. The van der Waals surface area contributed by atoms with Crippen LogP contribution in [0.3, 0.4) is 0 Å². The molecule has 2 aromatic rings. The molecule has 0 amide bonds. The highest BCUT2D eigenvalue weighted by Crippen LogP contribution is 2.44.